The van der Waals surface area contributed by atoms with Crippen molar-refractivity contribution >= 4 is 0 Å². The molecule has 1 unspecified atom stereocenters. The lowest BCUT2D eigenvalue weighted by atomic mass is 9.84. The van der Waals surface area contributed by atoms with Gasteiger partial charge < -0.3 is 5.32 Å². The Morgan fingerprint density at radius 2 is 1.79 bits per heavy atom. The third-order valence-electron chi connectivity index (χ3n) is 3.88. The summed E-state index contributed by atoms with van der Waals surface area (Å²) in [4.78, 5) is 0. The molecule has 84 valence electrons. The Kier molecular flexibility index (Phi) is 5.54. The molecule has 0 amide bonds. The highest BCUT2D eigenvalue weighted by Gasteiger charge is 2.19. The van der Waals surface area contributed by atoms with E-state index in [1.54, 1.807) is 0 Å². The van der Waals surface area contributed by atoms with Gasteiger partial charge in [-0.1, -0.05) is 33.6 Å². The van der Waals surface area contributed by atoms with Crippen molar-refractivity contribution < 1.29 is 0 Å². The van der Waals surface area contributed by atoms with Crippen molar-refractivity contribution in [2.24, 2.45) is 11.8 Å². The zero-order valence-corrected chi connectivity index (χ0v) is 10.2. The first-order chi connectivity index (χ1) is 6.76. The van der Waals surface area contributed by atoms with E-state index in [2.05, 4.69) is 26.1 Å². The Balaban J connectivity index is 2.10. The first-order valence-electron chi connectivity index (χ1n) is 6.49. The van der Waals surface area contributed by atoms with Gasteiger partial charge in [0.15, 0.2) is 0 Å². The zero-order chi connectivity index (χ0) is 10.4. The van der Waals surface area contributed by atoms with Crippen molar-refractivity contribution in [1.82, 2.24) is 5.32 Å². The van der Waals surface area contributed by atoms with Gasteiger partial charge in [0.1, 0.15) is 0 Å². The second-order valence-corrected chi connectivity index (χ2v) is 5.05. The highest BCUT2D eigenvalue weighted by molar-refractivity contribution is 4.76. The van der Waals surface area contributed by atoms with Crippen LogP contribution in [0.5, 0.6) is 0 Å². The van der Waals surface area contributed by atoms with Crippen molar-refractivity contribution in [3.8, 4) is 0 Å². The molecular weight excluding hydrogens is 170 g/mol. The van der Waals surface area contributed by atoms with Gasteiger partial charge >= 0.3 is 0 Å². The largest absolute Gasteiger partial charge is 0.314 e. The summed E-state index contributed by atoms with van der Waals surface area (Å²) in [5.74, 6) is 1.87. The molecule has 1 N–H and O–H groups in total. The van der Waals surface area contributed by atoms with Crippen LogP contribution in [0.1, 0.15) is 59.3 Å². The summed E-state index contributed by atoms with van der Waals surface area (Å²) < 4.78 is 0. The average Bonchev–Trinajstić information content (AvgIpc) is 2.26. The van der Waals surface area contributed by atoms with E-state index in [0.29, 0.717) is 0 Å². The quantitative estimate of drug-likeness (QED) is 0.710. The monoisotopic (exact) mass is 197 g/mol. The second kappa shape index (κ2) is 6.44. The third kappa shape index (κ3) is 4.00. The van der Waals surface area contributed by atoms with Crippen LogP contribution in [0.3, 0.4) is 0 Å². The fourth-order valence-electron chi connectivity index (χ4n) is 2.29. The number of rotatable bonds is 5. The van der Waals surface area contributed by atoms with Crippen LogP contribution in [0.15, 0.2) is 0 Å². The van der Waals surface area contributed by atoms with Gasteiger partial charge in [0.05, 0.1) is 0 Å². The molecule has 1 heteroatoms. The molecule has 1 atom stereocenters. The molecule has 0 spiro atoms. The number of hydrogen-bond donors (Lipinski definition) is 1. The lowest BCUT2D eigenvalue weighted by molar-refractivity contribution is 0.277. The molecular formula is C13H27N. The summed E-state index contributed by atoms with van der Waals surface area (Å²) >= 11 is 0. The second-order valence-electron chi connectivity index (χ2n) is 5.05. The minimum absolute atomic E-state index is 0.826. The predicted molar refractivity (Wildman–Crippen MR) is 63.5 cm³/mol. The molecule has 0 aliphatic heterocycles. The van der Waals surface area contributed by atoms with Crippen molar-refractivity contribution in [3.63, 3.8) is 0 Å². The van der Waals surface area contributed by atoms with Crippen molar-refractivity contribution in [1.29, 1.82) is 0 Å². The molecule has 1 nitrogen and oxygen atoms in total. The van der Waals surface area contributed by atoms with E-state index in [9.17, 15) is 0 Å². The Labute approximate surface area is 89.7 Å². The van der Waals surface area contributed by atoms with Crippen LogP contribution >= 0.6 is 0 Å². The highest BCUT2D eigenvalue weighted by Crippen LogP contribution is 2.26. The summed E-state index contributed by atoms with van der Waals surface area (Å²) in [7, 11) is 0. The molecule has 1 aliphatic rings. The summed E-state index contributed by atoms with van der Waals surface area (Å²) in [6, 6.07) is 0.826. The van der Waals surface area contributed by atoms with E-state index in [1.807, 2.05) is 0 Å². The lowest BCUT2D eigenvalue weighted by Gasteiger charge is -2.29. The Bertz CT molecular complexity index is 136. The van der Waals surface area contributed by atoms with E-state index in [0.717, 1.165) is 17.9 Å². The van der Waals surface area contributed by atoms with Gasteiger partial charge in [-0.05, 0) is 44.1 Å². The van der Waals surface area contributed by atoms with Crippen LogP contribution in [-0.4, -0.2) is 12.6 Å². The standard InChI is InChI=1S/C13H27N/c1-4-11(3)10-14-13-8-6-12(5-2)7-9-13/h11-14H,4-10H2,1-3H3. The Hall–Kier alpha value is -0.0400. The van der Waals surface area contributed by atoms with Crippen molar-refractivity contribution in [2.75, 3.05) is 6.54 Å². The van der Waals surface area contributed by atoms with Gasteiger partial charge in [-0.2, -0.15) is 0 Å². The fraction of sp³-hybridized carbons (Fsp3) is 1.00. The summed E-state index contributed by atoms with van der Waals surface area (Å²) in [6.45, 7) is 8.17. The number of hydrogen-bond acceptors (Lipinski definition) is 1. The highest BCUT2D eigenvalue weighted by atomic mass is 14.9. The van der Waals surface area contributed by atoms with Crippen LogP contribution < -0.4 is 5.32 Å². The van der Waals surface area contributed by atoms with Gasteiger partial charge in [0.25, 0.3) is 0 Å². The summed E-state index contributed by atoms with van der Waals surface area (Å²) in [6.07, 6.45) is 8.42. The van der Waals surface area contributed by atoms with Gasteiger partial charge in [-0.25, -0.2) is 0 Å². The Morgan fingerprint density at radius 1 is 1.14 bits per heavy atom. The van der Waals surface area contributed by atoms with Crippen LogP contribution in [0.2, 0.25) is 0 Å². The molecule has 14 heavy (non-hydrogen) atoms. The Morgan fingerprint density at radius 3 is 2.29 bits per heavy atom. The van der Waals surface area contributed by atoms with Crippen LogP contribution in [0, 0.1) is 11.8 Å². The lowest BCUT2D eigenvalue weighted by Crippen LogP contribution is -2.35. The normalized spacial score (nSPS) is 30.2. The molecule has 0 aromatic carbocycles. The minimum atomic E-state index is 0.826. The van der Waals surface area contributed by atoms with Crippen molar-refractivity contribution in [2.45, 2.75) is 65.3 Å². The fourth-order valence-corrected chi connectivity index (χ4v) is 2.29. The number of nitrogens with one attached hydrogen (secondary N) is 1. The molecule has 0 aromatic rings. The molecule has 1 fully saturated rings. The molecule has 1 aliphatic carbocycles. The average molecular weight is 197 g/mol. The third-order valence-corrected chi connectivity index (χ3v) is 3.88. The first kappa shape index (κ1) is 12.0. The molecule has 0 aromatic heterocycles. The minimum Gasteiger partial charge on any atom is -0.314 e. The van der Waals surface area contributed by atoms with Gasteiger partial charge in [0.2, 0.25) is 0 Å². The topological polar surface area (TPSA) is 12.0 Å². The SMILES string of the molecule is CCC(C)CNC1CCC(CC)CC1. The van der Waals surface area contributed by atoms with E-state index in [-0.39, 0.29) is 0 Å². The smallest absolute Gasteiger partial charge is 0.00673 e. The van der Waals surface area contributed by atoms with E-state index >= 15 is 0 Å². The molecule has 0 radical (unpaired) electrons. The van der Waals surface area contributed by atoms with Crippen molar-refractivity contribution in [3.05, 3.63) is 0 Å². The molecule has 1 rings (SSSR count). The summed E-state index contributed by atoms with van der Waals surface area (Å²) in [5.41, 5.74) is 0. The predicted octanol–water partition coefficient (Wildman–Crippen LogP) is 3.59. The van der Waals surface area contributed by atoms with Gasteiger partial charge in [-0.3, -0.25) is 0 Å². The molecule has 0 bridgehead atoms. The zero-order valence-electron chi connectivity index (χ0n) is 10.2. The van der Waals surface area contributed by atoms with Gasteiger partial charge in [0, 0.05) is 6.04 Å². The summed E-state index contributed by atoms with van der Waals surface area (Å²) in [5, 5.41) is 3.72. The maximum absolute atomic E-state index is 3.72. The van der Waals surface area contributed by atoms with Gasteiger partial charge in [-0.15, -0.1) is 0 Å². The van der Waals surface area contributed by atoms with Crippen LogP contribution in [0.4, 0.5) is 0 Å². The maximum atomic E-state index is 3.72. The van der Waals surface area contributed by atoms with Crippen LogP contribution in [-0.2, 0) is 0 Å². The van der Waals surface area contributed by atoms with E-state index in [1.165, 1.54) is 45.1 Å². The van der Waals surface area contributed by atoms with Crippen LogP contribution in [0.25, 0.3) is 0 Å². The van der Waals surface area contributed by atoms with E-state index < -0.39 is 0 Å². The maximum Gasteiger partial charge on any atom is 0.00673 e. The molecule has 0 heterocycles. The molecule has 0 saturated heterocycles. The molecule has 1 saturated carbocycles. The van der Waals surface area contributed by atoms with E-state index in [4.69, 9.17) is 0 Å². The first-order valence-corrected chi connectivity index (χ1v) is 6.49.